The first-order chi connectivity index (χ1) is 13.0. The van der Waals surface area contributed by atoms with Gasteiger partial charge in [0.1, 0.15) is 5.75 Å². The molecule has 1 aliphatic rings. The summed E-state index contributed by atoms with van der Waals surface area (Å²) in [6, 6.07) is 9.33. The highest BCUT2D eigenvalue weighted by Gasteiger charge is 2.30. The van der Waals surface area contributed by atoms with Crippen molar-refractivity contribution in [3.63, 3.8) is 0 Å². The van der Waals surface area contributed by atoms with E-state index in [2.05, 4.69) is 74.5 Å². The second-order valence-corrected chi connectivity index (χ2v) is 8.00. The maximum Gasteiger partial charge on any atom is 0.191 e. The van der Waals surface area contributed by atoms with Crippen LogP contribution in [0.2, 0.25) is 0 Å². The molecule has 1 saturated heterocycles. The van der Waals surface area contributed by atoms with Gasteiger partial charge in [0.25, 0.3) is 0 Å². The van der Waals surface area contributed by atoms with Gasteiger partial charge >= 0.3 is 0 Å². The van der Waals surface area contributed by atoms with Gasteiger partial charge in [0.05, 0.1) is 7.11 Å². The van der Waals surface area contributed by atoms with Crippen molar-refractivity contribution < 1.29 is 4.74 Å². The van der Waals surface area contributed by atoms with Crippen LogP contribution in [0.15, 0.2) is 29.3 Å². The van der Waals surface area contributed by atoms with E-state index in [4.69, 9.17) is 9.73 Å². The molecule has 1 aliphatic heterocycles. The van der Waals surface area contributed by atoms with E-state index in [1.54, 1.807) is 7.11 Å². The highest BCUT2D eigenvalue weighted by atomic mass is 16.5. The number of hydrogen-bond acceptors (Lipinski definition) is 3. The fourth-order valence-electron chi connectivity index (χ4n) is 3.69. The predicted molar refractivity (Wildman–Crippen MR) is 115 cm³/mol. The maximum atomic E-state index is 5.32. The van der Waals surface area contributed by atoms with Gasteiger partial charge in [-0.1, -0.05) is 26.0 Å². The molecule has 0 aromatic heterocycles. The summed E-state index contributed by atoms with van der Waals surface area (Å²) in [5.74, 6) is 2.93. The zero-order valence-electron chi connectivity index (χ0n) is 18.0. The molecule has 152 valence electrons. The summed E-state index contributed by atoms with van der Waals surface area (Å²) in [4.78, 5) is 7.42. The molecule has 5 nitrogen and oxygen atoms in total. The molecule has 2 rings (SSSR count). The number of piperidine rings is 1. The average Bonchev–Trinajstić information content (AvgIpc) is 2.66. The molecule has 3 atom stereocenters. The van der Waals surface area contributed by atoms with Gasteiger partial charge in [-0.25, -0.2) is 0 Å². The number of methoxy groups -OCH3 is 1. The topological polar surface area (TPSA) is 48.9 Å². The third kappa shape index (κ3) is 6.13. The van der Waals surface area contributed by atoms with Gasteiger partial charge in [0, 0.05) is 25.2 Å². The molecule has 0 amide bonds. The molecule has 1 heterocycles. The van der Waals surface area contributed by atoms with Gasteiger partial charge in [-0.2, -0.15) is 0 Å². The summed E-state index contributed by atoms with van der Waals surface area (Å²) in [5, 5.41) is 6.94. The van der Waals surface area contributed by atoms with E-state index in [0.717, 1.165) is 31.3 Å². The third-order valence-corrected chi connectivity index (χ3v) is 5.66. The maximum absolute atomic E-state index is 5.32. The van der Waals surface area contributed by atoms with Crippen molar-refractivity contribution in [2.75, 3.05) is 33.8 Å². The van der Waals surface area contributed by atoms with Crippen LogP contribution >= 0.6 is 0 Å². The summed E-state index contributed by atoms with van der Waals surface area (Å²) in [6.07, 6.45) is 2.44. The Hall–Kier alpha value is -1.75. The molecule has 0 bridgehead atoms. The lowest BCUT2D eigenvalue weighted by Crippen LogP contribution is -2.45. The normalized spacial score (nSPS) is 22.6. The van der Waals surface area contributed by atoms with Crippen LogP contribution < -0.4 is 15.4 Å². The highest BCUT2D eigenvalue weighted by Crippen LogP contribution is 2.35. The monoisotopic (exact) mass is 374 g/mol. The predicted octanol–water partition coefficient (Wildman–Crippen LogP) is 3.68. The zero-order chi connectivity index (χ0) is 19.8. The molecular formula is C22H38N4O. The molecule has 27 heavy (non-hydrogen) atoms. The summed E-state index contributed by atoms with van der Waals surface area (Å²) < 4.78 is 5.32. The van der Waals surface area contributed by atoms with Crippen LogP contribution in [0.5, 0.6) is 5.75 Å². The van der Waals surface area contributed by atoms with E-state index in [0.29, 0.717) is 23.9 Å². The van der Waals surface area contributed by atoms with E-state index >= 15 is 0 Å². The first kappa shape index (κ1) is 21.5. The lowest BCUT2D eigenvalue weighted by molar-refractivity contribution is 0.125. The van der Waals surface area contributed by atoms with Gasteiger partial charge in [-0.05, 0) is 69.8 Å². The summed E-state index contributed by atoms with van der Waals surface area (Å²) in [6.45, 7) is 11.6. The molecular weight excluding hydrogens is 336 g/mol. The number of aliphatic imine (C=N–C) groups is 1. The number of ether oxygens (including phenoxy) is 1. The lowest BCUT2D eigenvalue weighted by Gasteiger charge is -2.39. The molecule has 1 aromatic carbocycles. The van der Waals surface area contributed by atoms with Crippen LogP contribution in [-0.2, 0) is 0 Å². The fraction of sp³-hybridized carbons (Fsp3) is 0.682. The van der Waals surface area contributed by atoms with Crippen LogP contribution in [0.3, 0.4) is 0 Å². The van der Waals surface area contributed by atoms with Gasteiger partial charge in [0.2, 0.25) is 0 Å². The second kappa shape index (κ2) is 10.5. The molecule has 0 saturated carbocycles. The largest absolute Gasteiger partial charge is 0.497 e. The van der Waals surface area contributed by atoms with Crippen molar-refractivity contribution in [3.05, 3.63) is 29.8 Å². The minimum absolute atomic E-state index is 0.397. The van der Waals surface area contributed by atoms with Crippen molar-refractivity contribution in [1.82, 2.24) is 15.5 Å². The number of hydrogen-bond donors (Lipinski definition) is 2. The Morgan fingerprint density at radius 1 is 1.26 bits per heavy atom. The standard InChI is InChI=1S/C22H38N4O/c1-7-23-22(25-17(4)16(2)3)24-15-19-9-8-14-26(5)21(19)18-10-12-20(27-6)13-11-18/h10-13,16-17,19,21H,7-9,14-15H2,1-6H3,(H2,23,24,25). The van der Waals surface area contributed by atoms with E-state index in [1.807, 2.05) is 0 Å². The van der Waals surface area contributed by atoms with Crippen LogP contribution in [0.25, 0.3) is 0 Å². The van der Waals surface area contributed by atoms with E-state index in [-0.39, 0.29) is 0 Å². The SMILES string of the molecule is CCNC(=NCC1CCCN(C)C1c1ccc(OC)cc1)NC(C)C(C)C. The number of nitrogens with zero attached hydrogens (tertiary/aromatic N) is 2. The molecule has 1 aromatic rings. The molecule has 0 radical (unpaired) electrons. The van der Waals surface area contributed by atoms with Crippen LogP contribution in [-0.4, -0.2) is 50.7 Å². The molecule has 2 N–H and O–H groups in total. The average molecular weight is 375 g/mol. The summed E-state index contributed by atoms with van der Waals surface area (Å²) in [7, 11) is 3.95. The Bertz CT molecular complexity index is 584. The molecule has 5 heteroatoms. The number of likely N-dealkylation sites (tertiary alicyclic amines) is 1. The number of rotatable bonds is 7. The minimum Gasteiger partial charge on any atom is -0.497 e. The van der Waals surface area contributed by atoms with Crippen molar-refractivity contribution in [2.24, 2.45) is 16.8 Å². The van der Waals surface area contributed by atoms with Crippen LogP contribution in [0, 0.1) is 11.8 Å². The molecule has 0 aliphatic carbocycles. The van der Waals surface area contributed by atoms with Crippen LogP contribution in [0.4, 0.5) is 0 Å². The molecule has 0 spiro atoms. The summed E-state index contributed by atoms with van der Waals surface area (Å²) in [5.41, 5.74) is 1.35. The van der Waals surface area contributed by atoms with Gasteiger partial charge in [-0.3, -0.25) is 9.89 Å². The Balaban J connectivity index is 2.14. The molecule has 3 unspecified atom stereocenters. The van der Waals surface area contributed by atoms with Crippen molar-refractivity contribution in [1.29, 1.82) is 0 Å². The van der Waals surface area contributed by atoms with Crippen molar-refractivity contribution in [3.8, 4) is 5.75 Å². The highest BCUT2D eigenvalue weighted by molar-refractivity contribution is 5.80. The fourth-order valence-corrected chi connectivity index (χ4v) is 3.69. The number of benzene rings is 1. The van der Waals surface area contributed by atoms with Gasteiger partial charge in [-0.15, -0.1) is 0 Å². The Labute approximate surface area is 165 Å². The van der Waals surface area contributed by atoms with E-state index < -0.39 is 0 Å². The first-order valence-corrected chi connectivity index (χ1v) is 10.3. The van der Waals surface area contributed by atoms with Crippen molar-refractivity contribution in [2.45, 2.75) is 52.6 Å². The van der Waals surface area contributed by atoms with E-state index in [1.165, 1.54) is 18.4 Å². The zero-order valence-corrected chi connectivity index (χ0v) is 18.0. The van der Waals surface area contributed by atoms with Gasteiger partial charge < -0.3 is 15.4 Å². The third-order valence-electron chi connectivity index (χ3n) is 5.66. The summed E-state index contributed by atoms with van der Waals surface area (Å²) >= 11 is 0. The number of nitrogens with one attached hydrogen (secondary N) is 2. The Kier molecular flexibility index (Phi) is 8.42. The molecule has 1 fully saturated rings. The van der Waals surface area contributed by atoms with Crippen molar-refractivity contribution >= 4 is 5.96 Å². The van der Waals surface area contributed by atoms with Gasteiger partial charge in [0.15, 0.2) is 5.96 Å². The number of guanidine groups is 1. The smallest absolute Gasteiger partial charge is 0.191 e. The first-order valence-electron chi connectivity index (χ1n) is 10.3. The minimum atomic E-state index is 0.397. The van der Waals surface area contributed by atoms with E-state index in [9.17, 15) is 0 Å². The van der Waals surface area contributed by atoms with Crippen LogP contribution in [0.1, 0.15) is 52.1 Å². The quantitative estimate of drug-likeness (QED) is 0.565. The second-order valence-electron chi connectivity index (χ2n) is 8.00. The Morgan fingerprint density at radius 3 is 2.56 bits per heavy atom. The Morgan fingerprint density at radius 2 is 1.96 bits per heavy atom. The lowest BCUT2D eigenvalue weighted by atomic mass is 9.85.